The second-order valence-electron chi connectivity index (χ2n) is 10.1. The molecule has 0 saturated carbocycles. The third-order valence-electron chi connectivity index (χ3n) is 6.49. The van der Waals surface area contributed by atoms with Crippen LogP contribution >= 0.6 is 0 Å². The SMILES string of the molecule is CC/C=C\C/C=C\C/C=C\C/C=C\CCCCCCCCCCCCC(=O)NC(CO)C(O)/C=C/CCC. The summed E-state index contributed by atoms with van der Waals surface area (Å²) in [6.45, 7) is 3.97. The monoisotopic (exact) mass is 529 g/mol. The molecule has 2 atom stereocenters. The number of aliphatic hydroxyl groups excluding tert-OH is 2. The van der Waals surface area contributed by atoms with E-state index in [9.17, 15) is 15.0 Å². The molecule has 0 bridgehead atoms. The lowest BCUT2D eigenvalue weighted by Gasteiger charge is -2.19. The molecule has 0 aliphatic carbocycles. The van der Waals surface area contributed by atoms with Gasteiger partial charge >= 0.3 is 0 Å². The number of hydrogen-bond donors (Lipinski definition) is 3. The maximum atomic E-state index is 12.1. The highest BCUT2D eigenvalue weighted by Gasteiger charge is 2.17. The second-order valence-corrected chi connectivity index (χ2v) is 10.1. The van der Waals surface area contributed by atoms with Gasteiger partial charge in [0.1, 0.15) is 0 Å². The number of hydrogen-bond acceptors (Lipinski definition) is 3. The molecule has 0 fully saturated rings. The van der Waals surface area contributed by atoms with Crippen LogP contribution in [-0.4, -0.2) is 34.9 Å². The van der Waals surface area contributed by atoms with Gasteiger partial charge in [-0.25, -0.2) is 0 Å². The second kappa shape index (κ2) is 29.6. The van der Waals surface area contributed by atoms with Gasteiger partial charge in [-0.3, -0.25) is 4.79 Å². The van der Waals surface area contributed by atoms with Crippen LogP contribution in [0.1, 0.15) is 129 Å². The Morgan fingerprint density at radius 2 is 1.16 bits per heavy atom. The van der Waals surface area contributed by atoms with E-state index in [1.165, 1.54) is 57.8 Å². The standard InChI is InChI=1S/C34H59NO3/c1-3-5-7-8-9-10-11-12-13-14-15-16-17-18-19-20-21-22-23-24-25-26-28-30-34(38)35-32(31-36)33(37)29-27-6-4-2/h5,7,9-10,12-13,15-16,27,29,32-33,36-37H,3-4,6,8,11,14,17-26,28,30-31H2,1-2H3,(H,35,38)/b7-5-,10-9-,13-12-,16-15-,29-27+. The third-order valence-corrected chi connectivity index (χ3v) is 6.49. The summed E-state index contributed by atoms with van der Waals surface area (Å²) in [5.74, 6) is -0.0859. The topological polar surface area (TPSA) is 69.6 Å². The van der Waals surface area contributed by atoms with Crippen LogP contribution in [0.5, 0.6) is 0 Å². The van der Waals surface area contributed by atoms with Crippen LogP contribution in [0.3, 0.4) is 0 Å². The van der Waals surface area contributed by atoms with Gasteiger partial charge in [0, 0.05) is 6.42 Å². The van der Waals surface area contributed by atoms with Crippen molar-refractivity contribution in [2.75, 3.05) is 6.61 Å². The molecule has 1 amide bonds. The molecule has 2 unspecified atom stereocenters. The number of nitrogens with one attached hydrogen (secondary N) is 1. The van der Waals surface area contributed by atoms with Crippen molar-refractivity contribution in [1.29, 1.82) is 0 Å². The Hall–Kier alpha value is -1.91. The lowest BCUT2D eigenvalue weighted by molar-refractivity contribution is -0.123. The van der Waals surface area contributed by atoms with Crippen molar-refractivity contribution in [3.05, 3.63) is 60.8 Å². The van der Waals surface area contributed by atoms with E-state index in [0.717, 1.165) is 51.4 Å². The van der Waals surface area contributed by atoms with Crippen molar-refractivity contribution >= 4 is 5.91 Å². The highest BCUT2D eigenvalue weighted by Crippen LogP contribution is 2.12. The lowest BCUT2D eigenvalue weighted by Crippen LogP contribution is -2.45. The summed E-state index contributed by atoms with van der Waals surface area (Å²) in [5.41, 5.74) is 0. The molecule has 38 heavy (non-hydrogen) atoms. The van der Waals surface area contributed by atoms with Crippen LogP contribution in [0.15, 0.2) is 60.8 Å². The minimum absolute atomic E-state index is 0.0859. The van der Waals surface area contributed by atoms with E-state index in [1.807, 2.05) is 6.08 Å². The molecule has 3 N–H and O–H groups in total. The molecule has 0 aromatic rings. The van der Waals surface area contributed by atoms with Crippen molar-refractivity contribution in [3.63, 3.8) is 0 Å². The van der Waals surface area contributed by atoms with E-state index < -0.39 is 12.1 Å². The van der Waals surface area contributed by atoms with E-state index in [0.29, 0.717) is 6.42 Å². The number of aliphatic hydroxyl groups is 2. The summed E-state index contributed by atoms with van der Waals surface area (Å²) in [5, 5.41) is 22.3. The molecule has 0 heterocycles. The predicted molar refractivity (Wildman–Crippen MR) is 165 cm³/mol. The zero-order chi connectivity index (χ0) is 27.9. The summed E-state index contributed by atoms with van der Waals surface area (Å²) in [6.07, 6.45) is 40.7. The fraction of sp³-hybridized carbons (Fsp3) is 0.676. The Balaban J connectivity index is 3.51. The van der Waals surface area contributed by atoms with E-state index in [2.05, 4.69) is 67.8 Å². The molecule has 0 aromatic carbocycles. The van der Waals surface area contributed by atoms with E-state index in [4.69, 9.17) is 0 Å². The largest absolute Gasteiger partial charge is 0.394 e. The van der Waals surface area contributed by atoms with Crippen molar-refractivity contribution in [1.82, 2.24) is 5.32 Å². The zero-order valence-corrected chi connectivity index (χ0v) is 24.7. The fourth-order valence-corrected chi connectivity index (χ4v) is 4.11. The normalized spacial score (nSPS) is 14.1. The molecule has 0 saturated heterocycles. The first kappa shape index (κ1) is 36.1. The third kappa shape index (κ3) is 25.7. The molecule has 0 aromatic heterocycles. The summed E-state index contributed by atoms with van der Waals surface area (Å²) in [4.78, 5) is 12.1. The smallest absolute Gasteiger partial charge is 0.220 e. The Labute approximate surface area is 235 Å². The molecule has 218 valence electrons. The summed E-state index contributed by atoms with van der Waals surface area (Å²) >= 11 is 0. The van der Waals surface area contributed by atoms with Crippen molar-refractivity contribution in [2.45, 2.75) is 142 Å². The lowest BCUT2D eigenvalue weighted by atomic mass is 10.0. The highest BCUT2D eigenvalue weighted by molar-refractivity contribution is 5.76. The molecule has 0 aliphatic rings. The van der Waals surface area contributed by atoms with E-state index >= 15 is 0 Å². The van der Waals surface area contributed by atoms with Crippen molar-refractivity contribution in [2.24, 2.45) is 0 Å². The Kier molecular flexibility index (Phi) is 28.2. The summed E-state index contributed by atoms with van der Waals surface area (Å²) in [7, 11) is 0. The van der Waals surface area contributed by atoms with Crippen molar-refractivity contribution in [3.8, 4) is 0 Å². The molecular weight excluding hydrogens is 470 g/mol. The van der Waals surface area contributed by atoms with E-state index in [-0.39, 0.29) is 12.5 Å². The molecule has 0 radical (unpaired) electrons. The molecule has 4 nitrogen and oxygen atoms in total. The van der Waals surface area contributed by atoms with Gasteiger partial charge in [-0.05, 0) is 51.4 Å². The van der Waals surface area contributed by atoms with Gasteiger partial charge in [-0.15, -0.1) is 0 Å². The highest BCUT2D eigenvalue weighted by atomic mass is 16.3. The number of carbonyl (C=O) groups is 1. The van der Waals surface area contributed by atoms with Gasteiger partial charge in [-0.2, -0.15) is 0 Å². The van der Waals surface area contributed by atoms with Gasteiger partial charge in [0.2, 0.25) is 5.91 Å². The van der Waals surface area contributed by atoms with Crippen LogP contribution in [-0.2, 0) is 4.79 Å². The maximum absolute atomic E-state index is 12.1. The Morgan fingerprint density at radius 3 is 1.68 bits per heavy atom. The van der Waals surface area contributed by atoms with Crippen LogP contribution in [0.4, 0.5) is 0 Å². The summed E-state index contributed by atoms with van der Waals surface area (Å²) < 4.78 is 0. The number of rotatable bonds is 26. The van der Waals surface area contributed by atoms with Crippen LogP contribution in [0.25, 0.3) is 0 Å². The average molecular weight is 530 g/mol. The number of allylic oxidation sites excluding steroid dienone is 9. The number of carbonyl (C=O) groups excluding carboxylic acids is 1. The van der Waals surface area contributed by atoms with Gasteiger partial charge < -0.3 is 15.5 Å². The van der Waals surface area contributed by atoms with Gasteiger partial charge in [0.15, 0.2) is 0 Å². The first-order valence-corrected chi connectivity index (χ1v) is 15.5. The fourth-order valence-electron chi connectivity index (χ4n) is 4.11. The number of unbranched alkanes of at least 4 members (excludes halogenated alkanes) is 11. The molecule has 0 aliphatic heterocycles. The number of amides is 1. The Morgan fingerprint density at radius 1 is 0.658 bits per heavy atom. The first-order chi connectivity index (χ1) is 18.7. The summed E-state index contributed by atoms with van der Waals surface area (Å²) in [6, 6.07) is -0.621. The van der Waals surface area contributed by atoms with Gasteiger partial charge in [0.25, 0.3) is 0 Å². The molecular formula is C34H59NO3. The predicted octanol–water partition coefficient (Wildman–Crippen LogP) is 8.67. The minimum Gasteiger partial charge on any atom is -0.394 e. The molecule has 4 heteroatoms. The van der Waals surface area contributed by atoms with E-state index in [1.54, 1.807) is 6.08 Å². The molecule has 0 rings (SSSR count). The van der Waals surface area contributed by atoms with Gasteiger partial charge in [-0.1, -0.05) is 132 Å². The zero-order valence-electron chi connectivity index (χ0n) is 24.7. The van der Waals surface area contributed by atoms with Crippen LogP contribution < -0.4 is 5.32 Å². The van der Waals surface area contributed by atoms with Crippen LogP contribution in [0, 0.1) is 0 Å². The van der Waals surface area contributed by atoms with Crippen molar-refractivity contribution < 1.29 is 15.0 Å². The first-order valence-electron chi connectivity index (χ1n) is 15.5. The molecule has 0 spiro atoms. The Bertz CT molecular complexity index is 663. The average Bonchev–Trinajstić information content (AvgIpc) is 2.92. The minimum atomic E-state index is -0.838. The quantitative estimate of drug-likeness (QED) is 0.0775. The van der Waals surface area contributed by atoms with Crippen LogP contribution in [0.2, 0.25) is 0 Å². The maximum Gasteiger partial charge on any atom is 0.220 e. The van der Waals surface area contributed by atoms with Gasteiger partial charge in [0.05, 0.1) is 18.8 Å².